The summed E-state index contributed by atoms with van der Waals surface area (Å²) in [7, 11) is 2.27. The largest absolute Gasteiger partial charge is 0.508 e. The van der Waals surface area contributed by atoms with Crippen LogP contribution in [0.15, 0.2) is 24.3 Å². The number of nitrogens with two attached hydrogens (primary N) is 2. The Morgan fingerprint density at radius 3 is 1.73 bits per heavy atom. The van der Waals surface area contributed by atoms with E-state index >= 15 is 0 Å². The molecule has 0 aromatic carbocycles. The third kappa shape index (κ3) is 23.3. The average molecular weight is 636 g/mol. The van der Waals surface area contributed by atoms with Crippen molar-refractivity contribution in [3.05, 3.63) is 24.3 Å². The normalized spacial score (nSPS) is 11.5. The summed E-state index contributed by atoms with van der Waals surface area (Å²) in [4.78, 5) is 98.7. The van der Waals surface area contributed by atoms with Crippen LogP contribution in [-0.4, -0.2) is 118 Å². The van der Waals surface area contributed by atoms with Gasteiger partial charge in [-0.3, -0.25) is 14.4 Å². The number of hydrogen-bond acceptors (Lipinski definition) is 18. The van der Waals surface area contributed by atoms with Gasteiger partial charge in [-0.15, -0.1) is 0 Å². The zero-order valence-corrected chi connectivity index (χ0v) is 23.8. The zero-order chi connectivity index (χ0) is 34.1. The fourth-order valence-electron chi connectivity index (χ4n) is 1.96. The maximum Gasteiger partial charge on any atom is 0.508 e. The fraction of sp³-hybridized carbons (Fsp3) is 0.458. The standard InChI is InChI=1S/C12H16N2O9.C12H17NO8/c1-21-10(18)2-3-11(19)22-6-23-12(20)7(4-9(16)17)14-8(15)5-13;1-8(14)9(13)7-21-12(17)20-6-5-19-11(16)4-3-10(15)18-2/h2-3,7H,4-6,13H2,1H3,(H,14,15)(H,16,17);3-4,9H,5-7,13H2,1-2H3/b3-2+;4-3+/t7-;9-/m00/s1. The summed E-state index contributed by atoms with van der Waals surface area (Å²) in [5, 5.41) is 10.7. The highest BCUT2D eigenvalue weighted by Crippen LogP contribution is 1.98. The molecule has 0 unspecified atom stereocenters. The number of rotatable bonds is 17. The number of carbonyl (C=O) groups is 9. The summed E-state index contributed by atoms with van der Waals surface area (Å²) in [6, 6.07) is -2.38. The van der Waals surface area contributed by atoms with Crippen LogP contribution >= 0.6 is 0 Å². The van der Waals surface area contributed by atoms with E-state index in [1.807, 2.05) is 5.32 Å². The summed E-state index contributed by atoms with van der Waals surface area (Å²) in [5.74, 6) is -6.85. The van der Waals surface area contributed by atoms with Gasteiger partial charge in [-0.05, 0) is 6.92 Å². The first-order chi connectivity index (χ1) is 20.7. The Kier molecular flexibility index (Phi) is 22.5. The van der Waals surface area contributed by atoms with E-state index < -0.39 is 79.7 Å². The monoisotopic (exact) mass is 635 g/mol. The van der Waals surface area contributed by atoms with Crippen LogP contribution < -0.4 is 16.8 Å². The molecule has 44 heavy (non-hydrogen) atoms. The molecule has 0 fully saturated rings. The Labute approximate surface area is 249 Å². The number of nitrogens with one attached hydrogen (secondary N) is 1. The first-order valence-corrected chi connectivity index (χ1v) is 12.0. The van der Waals surface area contributed by atoms with E-state index in [9.17, 15) is 43.2 Å². The minimum absolute atomic E-state index is 0.224. The number of methoxy groups -OCH3 is 2. The van der Waals surface area contributed by atoms with Crippen molar-refractivity contribution in [2.24, 2.45) is 11.5 Å². The molecule has 20 heteroatoms. The molecule has 6 N–H and O–H groups in total. The van der Waals surface area contributed by atoms with E-state index in [1.54, 1.807) is 0 Å². The quantitative estimate of drug-likeness (QED) is 0.0407. The van der Waals surface area contributed by atoms with E-state index in [4.69, 9.17) is 16.6 Å². The van der Waals surface area contributed by atoms with Crippen molar-refractivity contribution in [1.29, 1.82) is 0 Å². The van der Waals surface area contributed by atoms with Crippen LogP contribution in [0.4, 0.5) is 4.79 Å². The zero-order valence-electron chi connectivity index (χ0n) is 23.8. The van der Waals surface area contributed by atoms with Gasteiger partial charge in [0.25, 0.3) is 0 Å². The SMILES string of the molecule is COC(=O)/C=C/C(=O)OCCOC(=O)OC[C@H](N)C(C)=O.COC(=O)/C=C/C(=O)OCOC(=O)[C@H](CC(=O)O)NC(=O)CN. The minimum atomic E-state index is -1.48. The molecule has 20 nitrogen and oxygen atoms in total. The van der Waals surface area contributed by atoms with Gasteiger partial charge in [0.1, 0.15) is 31.6 Å². The van der Waals surface area contributed by atoms with E-state index in [1.165, 1.54) is 6.92 Å². The van der Waals surface area contributed by atoms with E-state index in [0.29, 0.717) is 0 Å². The highest BCUT2D eigenvalue weighted by Gasteiger charge is 2.25. The van der Waals surface area contributed by atoms with Crippen LogP contribution in [0.5, 0.6) is 0 Å². The number of ether oxygens (including phenoxy) is 7. The smallest absolute Gasteiger partial charge is 0.481 e. The van der Waals surface area contributed by atoms with Gasteiger partial charge in [-0.1, -0.05) is 0 Å². The lowest BCUT2D eigenvalue weighted by Crippen LogP contribution is -2.45. The van der Waals surface area contributed by atoms with Crippen molar-refractivity contribution < 1.29 is 81.4 Å². The molecule has 0 aromatic heterocycles. The summed E-state index contributed by atoms with van der Waals surface area (Å²) < 4.78 is 31.1. The maximum absolute atomic E-state index is 11.6. The summed E-state index contributed by atoms with van der Waals surface area (Å²) in [5.41, 5.74) is 10.4. The van der Waals surface area contributed by atoms with E-state index in [2.05, 4.69) is 33.2 Å². The lowest BCUT2D eigenvalue weighted by molar-refractivity contribution is -0.168. The molecule has 1 amide bonds. The molecular weight excluding hydrogens is 602 g/mol. The second kappa shape index (κ2) is 24.2. The predicted octanol–water partition coefficient (Wildman–Crippen LogP) is -2.99. The van der Waals surface area contributed by atoms with Crippen molar-refractivity contribution in [2.75, 3.05) is 47.4 Å². The molecule has 246 valence electrons. The lowest BCUT2D eigenvalue weighted by Gasteiger charge is -2.15. The minimum Gasteiger partial charge on any atom is -0.481 e. The van der Waals surface area contributed by atoms with Gasteiger partial charge in [-0.25, -0.2) is 28.8 Å². The van der Waals surface area contributed by atoms with E-state index in [-0.39, 0.29) is 25.6 Å². The lowest BCUT2D eigenvalue weighted by atomic mass is 10.2. The fourth-order valence-corrected chi connectivity index (χ4v) is 1.96. The highest BCUT2D eigenvalue weighted by atomic mass is 16.7. The van der Waals surface area contributed by atoms with Crippen molar-refractivity contribution in [2.45, 2.75) is 25.4 Å². The molecule has 0 aliphatic rings. The molecular formula is C24H33N3O17. The summed E-state index contributed by atoms with van der Waals surface area (Å²) in [6.45, 7) is -0.783. The number of carbonyl (C=O) groups excluding carboxylic acids is 8. The van der Waals surface area contributed by atoms with Gasteiger partial charge in [0, 0.05) is 24.3 Å². The van der Waals surface area contributed by atoms with Crippen LogP contribution in [0.2, 0.25) is 0 Å². The van der Waals surface area contributed by atoms with Gasteiger partial charge in [0.15, 0.2) is 0 Å². The molecule has 0 saturated heterocycles. The molecule has 0 aliphatic heterocycles. The highest BCUT2D eigenvalue weighted by molar-refractivity contribution is 5.92. The maximum atomic E-state index is 11.6. The number of Topliss-reactive ketones (excluding diaryl/α,β-unsaturated/α-hetero) is 1. The Bertz CT molecular complexity index is 1090. The van der Waals surface area contributed by atoms with Crippen molar-refractivity contribution in [3.63, 3.8) is 0 Å². The van der Waals surface area contributed by atoms with Crippen LogP contribution in [0.3, 0.4) is 0 Å². The molecule has 0 rings (SSSR count). The third-order valence-corrected chi connectivity index (χ3v) is 4.15. The van der Waals surface area contributed by atoms with Gasteiger partial charge in [-0.2, -0.15) is 0 Å². The molecule has 0 saturated carbocycles. The number of ketones is 1. The van der Waals surface area contributed by atoms with Gasteiger partial charge >= 0.3 is 42.0 Å². The molecule has 0 radical (unpaired) electrons. The first-order valence-electron chi connectivity index (χ1n) is 12.0. The van der Waals surface area contributed by atoms with E-state index in [0.717, 1.165) is 38.5 Å². The number of aliphatic carboxylic acids is 1. The first kappa shape index (κ1) is 40.8. The Balaban J connectivity index is 0. The second-order valence-corrected chi connectivity index (χ2v) is 7.47. The van der Waals surface area contributed by atoms with Crippen LogP contribution in [0.1, 0.15) is 13.3 Å². The van der Waals surface area contributed by atoms with Gasteiger partial charge in [0.2, 0.25) is 12.7 Å². The van der Waals surface area contributed by atoms with Crippen molar-refractivity contribution in [1.82, 2.24) is 5.32 Å². The Morgan fingerprint density at radius 2 is 1.25 bits per heavy atom. The van der Waals surface area contributed by atoms with Crippen LogP contribution in [0.25, 0.3) is 0 Å². The number of hydrogen-bond donors (Lipinski definition) is 4. The third-order valence-electron chi connectivity index (χ3n) is 4.15. The predicted molar refractivity (Wildman–Crippen MR) is 140 cm³/mol. The van der Waals surface area contributed by atoms with Crippen molar-refractivity contribution >= 4 is 53.7 Å². The Hall–Kier alpha value is -5.37. The molecule has 0 aromatic rings. The molecule has 0 bridgehead atoms. The van der Waals surface area contributed by atoms with Crippen LogP contribution in [-0.2, 0) is 71.5 Å². The number of amides is 1. The van der Waals surface area contributed by atoms with Gasteiger partial charge in [0.05, 0.1) is 33.2 Å². The molecule has 0 heterocycles. The van der Waals surface area contributed by atoms with Gasteiger partial charge < -0.3 is 55.0 Å². The topological polar surface area (TPSA) is 303 Å². The average Bonchev–Trinajstić information content (AvgIpc) is 2.98. The molecule has 0 aliphatic carbocycles. The summed E-state index contributed by atoms with van der Waals surface area (Å²) in [6.07, 6.45) is 1.52. The number of carboxylic acid groups (broad SMARTS) is 1. The molecule has 2 atom stereocenters. The van der Waals surface area contributed by atoms with Crippen molar-refractivity contribution in [3.8, 4) is 0 Å². The summed E-state index contributed by atoms with van der Waals surface area (Å²) >= 11 is 0. The number of carboxylic acids is 1. The Morgan fingerprint density at radius 1 is 0.750 bits per heavy atom. The van der Waals surface area contributed by atoms with Crippen LogP contribution in [0, 0.1) is 0 Å². The number of esters is 5. The second-order valence-electron chi connectivity index (χ2n) is 7.47. The molecule has 0 spiro atoms.